The van der Waals surface area contributed by atoms with Crippen molar-refractivity contribution in [2.24, 2.45) is 7.05 Å². The summed E-state index contributed by atoms with van der Waals surface area (Å²) in [5.74, 6) is -0.266. The Morgan fingerprint density at radius 1 is 1.18 bits per heavy atom. The van der Waals surface area contributed by atoms with Crippen molar-refractivity contribution in [3.8, 4) is 11.1 Å². The van der Waals surface area contributed by atoms with Gasteiger partial charge in [-0.25, -0.2) is 0 Å². The van der Waals surface area contributed by atoms with Crippen molar-refractivity contribution >= 4 is 5.91 Å². The number of aryl methyl sites for hydroxylation is 1. The number of nitrogens with zero attached hydrogens (tertiary/aromatic N) is 3. The standard InChI is InChI=1S/C20H19F3N4O/c1-3-17(16-11-25-27(2)12-16)26-19(28)14-6-4-5-13(9-14)15-7-8-18(24-10-15)20(21,22)23/h4-12,17H,3H2,1-2H3,(H,26,28)/t17-/m0/s1. The minimum absolute atomic E-state index is 0.183. The van der Waals surface area contributed by atoms with E-state index in [1.807, 2.05) is 13.1 Å². The molecule has 0 unspecified atom stereocenters. The zero-order valence-corrected chi connectivity index (χ0v) is 15.4. The molecule has 3 rings (SSSR count). The number of hydrogen-bond acceptors (Lipinski definition) is 3. The molecule has 0 fully saturated rings. The SMILES string of the molecule is CC[C@H](NC(=O)c1cccc(-c2ccc(C(F)(F)F)nc2)c1)c1cnn(C)c1. The van der Waals surface area contributed by atoms with Crippen LogP contribution in [0.4, 0.5) is 13.2 Å². The highest BCUT2D eigenvalue weighted by molar-refractivity contribution is 5.95. The van der Waals surface area contributed by atoms with Gasteiger partial charge in [-0.15, -0.1) is 0 Å². The lowest BCUT2D eigenvalue weighted by atomic mass is 10.0. The third-order valence-electron chi connectivity index (χ3n) is 4.35. The molecule has 0 aliphatic carbocycles. The highest BCUT2D eigenvalue weighted by Crippen LogP contribution is 2.29. The number of rotatable bonds is 5. The molecule has 0 spiro atoms. The third kappa shape index (κ3) is 4.39. The van der Waals surface area contributed by atoms with Crippen LogP contribution in [0.1, 0.15) is 41.0 Å². The van der Waals surface area contributed by atoms with Gasteiger partial charge in [0.2, 0.25) is 0 Å². The van der Waals surface area contributed by atoms with Gasteiger partial charge >= 0.3 is 6.18 Å². The molecule has 1 atom stereocenters. The van der Waals surface area contributed by atoms with Crippen LogP contribution in [0.25, 0.3) is 11.1 Å². The lowest BCUT2D eigenvalue weighted by molar-refractivity contribution is -0.141. The van der Waals surface area contributed by atoms with E-state index in [0.717, 1.165) is 17.8 Å². The van der Waals surface area contributed by atoms with E-state index < -0.39 is 11.9 Å². The molecule has 28 heavy (non-hydrogen) atoms. The predicted octanol–water partition coefficient (Wildman–Crippen LogP) is 4.38. The van der Waals surface area contributed by atoms with Gasteiger partial charge in [-0.05, 0) is 30.2 Å². The molecule has 0 saturated carbocycles. The van der Waals surface area contributed by atoms with E-state index >= 15 is 0 Å². The number of alkyl halides is 3. The molecule has 8 heteroatoms. The summed E-state index contributed by atoms with van der Waals surface area (Å²) in [5.41, 5.74) is 1.49. The summed E-state index contributed by atoms with van der Waals surface area (Å²) in [7, 11) is 1.81. The monoisotopic (exact) mass is 388 g/mol. The predicted molar refractivity (Wildman–Crippen MR) is 98.4 cm³/mol. The van der Waals surface area contributed by atoms with E-state index in [9.17, 15) is 18.0 Å². The molecule has 1 N–H and O–H groups in total. The number of amides is 1. The second-order valence-corrected chi connectivity index (χ2v) is 6.39. The Kier molecular flexibility index (Phi) is 5.48. The molecular formula is C20H19F3N4O. The number of halogens is 3. The Morgan fingerprint density at radius 3 is 2.54 bits per heavy atom. The summed E-state index contributed by atoms with van der Waals surface area (Å²) in [5, 5.41) is 7.09. The molecule has 0 aliphatic heterocycles. The van der Waals surface area contributed by atoms with E-state index in [-0.39, 0.29) is 11.9 Å². The largest absolute Gasteiger partial charge is 0.433 e. The number of benzene rings is 1. The van der Waals surface area contributed by atoms with E-state index in [0.29, 0.717) is 23.1 Å². The lowest BCUT2D eigenvalue weighted by Crippen LogP contribution is -2.28. The van der Waals surface area contributed by atoms with Gasteiger partial charge in [0.05, 0.1) is 12.2 Å². The Bertz CT molecular complexity index is 964. The van der Waals surface area contributed by atoms with Crippen LogP contribution in [0, 0.1) is 0 Å². The Labute approximate surface area is 160 Å². The zero-order chi connectivity index (χ0) is 20.3. The average molecular weight is 388 g/mol. The maximum Gasteiger partial charge on any atom is 0.433 e. The number of aromatic nitrogens is 3. The number of pyridine rings is 1. The van der Waals surface area contributed by atoms with Gasteiger partial charge in [0.25, 0.3) is 5.91 Å². The average Bonchev–Trinajstić information content (AvgIpc) is 3.11. The summed E-state index contributed by atoms with van der Waals surface area (Å²) >= 11 is 0. The van der Waals surface area contributed by atoms with Gasteiger partial charge in [0, 0.05) is 36.1 Å². The molecule has 0 aliphatic rings. The van der Waals surface area contributed by atoms with Gasteiger partial charge in [0.1, 0.15) is 5.69 Å². The first kappa shape index (κ1) is 19.6. The van der Waals surface area contributed by atoms with Crippen LogP contribution >= 0.6 is 0 Å². The quantitative estimate of drug-likeness (QED) is 0.706. The van der Waals surface area contributed by atoms with Crippen molar-refractivity contribution in [2.45, 2.75) is 25.6 Å². The minimum atomic E-state index is -4.48. The first-order valence-corrected chi connectivity index (χ1v) is 8.71. The summed E-state index contributed by atoms with van der Waals surface area (Å²) < 4.78 is 39.7. The molecule has 2 aromatic heterocycles. The first-order chi connectivity index (χ1) is 13.3. The zero-order valence-electron chi connectivity index (χ0n) is 15.4. The summed E-state index contributed by atoms with van der Waals surface area (Å²) in [6, 6.07) is 8.79. The van der Waals surface area contributed by atoms with E-state index in [1.54, 1.807) is 42.2 Å². The van der Waals surface area contributed by atoms with Gasteiger partial charge < -0.3 is 5.32 Å². The number of nitrogens with one attached hydrogen (secondary N) is 1. The summed E-state index contributed by atoms with van der Waals surface area (Å²) in [4.78, 5) is 16.1. The highest BCUT2D eigenvalue weighted by Gasteiger charge is 2.32. The topological polar surface area (TPSA) is 59.8 Å². The number of carbonyl (C=O) groups excluding carboxylic acids is 1. The van der Waals surface area contributed by atoms with E-state index in [4.69, 9.17) is 0 Å². The molecule has 3 aromatic rings. The number of hydrogen-bond donors (Lipinski definition) is 1. The molecular weight excluding hydrogens is 369 g/mol. The molecule has 1 aromatic carbocycles. The van der Waals surface area contributed by atoms with E-state index in [1.165, 1.54) is 6.07 Å². The van der Waals surface area contributed by atoms with Crippen molar-refractivity contribution in [3.63, 3.8) is 0 Å². The second kappa shape index (κ2) is 7.84. The Balaban J connectivity index is 1.79. The fourth-order valence-electron chi connectivity index (χ4n) is 2.86. The molecule has 1 amide bonds. The van der Waals surface area contributed by atoms with Crippen molar-refractivity contribution in [2.75, 3.05) is 0 Å². The number of carbonyl (C=O) groups is 1. The van der Waals surface area contributed by atoms with Crippen LogP contribution in [0.5, 0.6) is 0 Å². The molecule has 146 valence electrons. The Hall–Kier alpha value is -3.16. The fraction of sp³-hybridized carbons (Fsp3) is 0.250. The van der Waals surface area contributed by atoms with Crippen LogP contribution in [-0.4, -0.2) is 20.7 Å². The third-order valence-corrected chi connectivity index (χ3v) is 4.35. The summed E-state index contributed by atoms with van der Waals surface area (Å²) in [6.45, 7) is 1.96. The van der Waals surface area contributed by atoms with Crippen molar-refractivity contribution < 1.29 is 18.0 Å². The summed E-state index contributed by atoms with van der Waals surface area (Å²) in [6.07, 6.45) is 0.920. The van der Waals surface area contributed by atoms with Crippen molar-refractivity contribution in [3.05, 3.63) is 71.8 Å². The molecule has 0 bridgehead atoms. The highest BCUT2D eigenvalue weighted by atomic mass is 19.4. The molecule has 0 saturated heterocycles. The molecule has 0 radical (unpaired) electrons. The van der Waals surface area contributed by atoms with Gasteiger partial charge in [-0.1, -0.05) is 25.1 Å². The van der Waals surface area contributed by atoms with Crippen LogP contribution in [0.3, 0.4) is 0 Å². The van der Waals surface area contributed by atoms with Crippen molar-refractivity contribution in [1.82, 2.24) is 20.1 Å². The Morgan fingerprint density at radius 2 is 1.96 bits per heavy atom. The van der Waals surface area contributed by atoms with Crippen LogP contribution < -0.4 is 5.32 Å². The maximum atomic E-state index is 12.7. The molecule has 2 heterocycles. The minimum Gasteiger partial charge on any atom is -0.345 e. The normalized spacial score (nSPS) is 12.6. The van der Waals surface area contributed by atoms with Gasteiger partial charge in [-0.2, -0.15) is 18.3 Å². The van der Waals surface area contributed by atoms with Gasteiger partial charge in [-0.3, -0.25) is 14.5 Å². The first-order valence-electron chi connectivity index (χ1n) is 8.71. The van der Waals surface area contributed by atoms with Crippen LogP contribution in [-0.2, 0) is 13.2 Å². The lowest BCUT2D eigenvalue weighted by Gasteiger charge is -2.16. The van der Waals surface area contributed by atoms with Gasteiger partial charge in [0.15, 0.2) is 0 Å². The van der Waals surface area contributed by atoms with Crippen LogP contribution in [0.15, 0.2) is 55.0 Å². The second-order valence-electron chi connectivity index (χ2n) is 6.39. The van der Waals surface area contributed by atoms with Crippen molar-refractivity contribution in [1.29, 1.82) is 0 Å². The smallest absolute Gasteiger partial charge is 0.345 e. The maximum absolute atomic E-state index is 12.7. The van der Waals surface area contributed by atoms with Crippen LogP contribution in [0.2, 0.25) is 0 Å². The molecule has 5 nitrogen and oxygen atoms in total. The van der Waals surface area contributed by atoms with E-state index in [2.05, 4.69) is 15.4 Å². The fourth-order valence-corrected chi connectivity index (χ4v) is 2.86.